The Morgan fingerprint density at radius 3 is 2.46 bits per heavy atom. The summed E-state index contributed by atoms with van der Waals surface area (Å²) in [5.74, 6) is 0.0340. The van der Waals surface area contributed by atoms with E-state index in [0.717, 1.165) is 24.8 Å². The van der Waals surface area contributed by atoms with Crippen LogP contribution >= 0.6 is 0 Å². The molecule has 1 amide bonds. The average Bonchev–Trinajstić information content (AvgIpc) is 2.70. The maximum absolute atomic E-state index is 12.4. The molecule has 0 unspecified atom stereocenters. The number of amides is 1. The van der Waals surface area contributed by atoms with E-state index >= 15 is 0 Å². The number of hydrogen-bond acceptors (Lipinski definition) is 5. The lowest BCUT2D eigenvalue weighted by molar-refractivity contribution is -0.155. The van der Waals surface area contributed by atoms with E-state index < -0.39 is 11.5 Å². The van der Waals surface area contributed by atoms with Gasteiger partial charge in [0.15, 0.2) is 13.2 Å². The molecule has 1 aromatic carbocycles. The van der Waals surface area contributed by atoms with Crippen LogP contribution in [0.2, 0.25) is 0 Å². The summed E-state index contributed by atoms with van der Waals surface area (Å²) < 4.78 is 10.5. The van der Waals surface area contributed by atoms with Crippen LogP contribution in [0.1, 0.15) is 63.0 Å². The highest BCUT2D eigenvalue weighted by Gasteiger charge is 2.38. The van der Waals surface area contributed by atoms with E-state index in [0.29, 0.717) is 24.5 Å². The predicted octanol–water partition coefficient (Wildman–Crippen LogP) is 3.73. The largest absolute Gasteiger partial charge is 0.482 e. The molecule has 0 bridgehead atoms. The number of likely N-dealkylation sites (N-methyl/N-ethyl adjacent to an activating group) is 1. The van der Waals surface area contributed by atoms with Gasteiger partial charge in [-0.1, -0.05) is 39.2 Å². The van der Waals surface area contributed by atoms with E-state index in [2.05, 4.69) is 19.9 Å². The fourth-order valence-corrected chi connectivity index (χ4v) is 3.71. The van der Waals surface area contributed by atoms with Crippen molar-refractivity contribution in [2.45, 2.75) is 64.3 Å². The third-order valence-electron chi connectivity index (χ3n) is 5.48. The molecule has 2 rings (SSSR count). The number of aryl methyl sites for hydroxylation is 1. The fraction of sp³-hybridized carbons (Fsp3) is 0.591. The van der Waals surface area contributed by atoms with Gasteiger partial charge in [-0.15, -0.1) is 0 Å². The van der Waals surface area contributed by atoms with Gasteiger partial charge in [0.2, 0.25) is 0 Å². The fourth-order valence-electron chi connectivity index (χ4n) is 3.71. The first kappa shape index (κ1) is 21.7. The first-order valence-corrected chi connectivity index (χ1v) is 9.86. The first-order valence-electron chi connectivity index (χ1n) is 9.86. The smallest absolute Gasteiger partial charge is 0.344 e. The maximum atomic E-state index is 12.4. The second kappa shape index (κ2) is 9.59. The number of nitrogens with zero attached hydrogens (tertiary/aromatic N) is 2. The number of carbonyl (C=O) groups excluding carboxylic acids is 2. The minimum Gasteiger partial charge on any atom is -0.482 e. The Kier molecular flexibility index (Phi) is 7.45. The molecule has 0 aliphatic heterocycles. The summed E-state index contributed by atoms with van der Waals surface area (Å²) in [5.41, 5.74) is 1.55. The summed E-state index contributed by atoms with van der Waals surface area (Å²) in [6, 6.07) is 8.00. The van der Waals surface area contributed by atoms with E-state index in [9.17, 15) is 14.9 Å². The molecule has 0 spiro atoms. The highest BCUT2D eigenvalue weighted by atomic mass is 16.6. The zero-order valence-electron chi connectivity index (χ0n) is 17.3. The molecule has 0 heterocycles. The third-order valence-corrected chi connectivity index (χ3v) is 5.48. The first-order chi connectivity index (χ1) is 13.3. The molecule has 6 heteroatoms. The van der Waals surface area contributed by atoms with Crippen LogP contribution in [0.25, 0.3) is 0 Å². The molecule has 152 valence electrons. The zero-order chi connectivity index (χ0) is 20.7. The molecule has 1 aromatic rings. The molecule has 0 aromatic heterocycles. The van der Waals surface area contributed by atoms with Crippen molar-refractivity contribution in [3.63, 3.8) is 0 Å². The minimum atomic E-state index is -0.784. The van der Waals surface area contributed by atoms with Crippen molar-refractivity contribution in [2.24, 2.45) is 0 Å². The third kappa shape index (κ3) is 5.25. The van der Waals surface area contributed by atoms with Crippen molar-refractivity contribution in [3.8, 4) is 11.8 Å². The SMILES string of the molecule is Cc1cc(OCC(=O)OCC(=O)N(C)C2(C#N)CCCCC2)ccc1C(C)C. The van der Waals surface area contributed by atoms with E-state index in [1.807, 2.05) is 25.1 Å². The van der Waals surface area contributed by atoms with E-state index in [4.69, 9.17) is 9.47 Å². The molecule has 1 aliphatic carbocycles. The van der Waals surface area contributed by atoms with Crippen molar-refractivity contribution in [2.75, 3.05) is 20.3 Å². The number of carbonyl (C=O) groups is 2. The van der Waals surface area contributed by atoms with Crippen LogP contribution in [0.3, 0.4) is 0 Å². The van der Waals surface area contributed by atoms with Crippen molar-refractivity contribution >= 4 is 11.9 Å². The highest BCUT2D eigenvalue weighted by Crippen LogP contribution is 2.32. The van der Waals surface area contributed by atoms with E-state index in [1.54, 1.807) is 7.05 Å². The molecule has 1 fully saturated rings. The number of nitriles is 1. The highest BCUT2D eigenvalue weighted by molar-refractivity contribution is 5.81. The Bertz CT molecular complexity index is 745. The Morgan fingerprint density at radius 2 is 1.89 bits per heavy atom. The van der Waals surface area contributed by atoms with Gasteiger partial charge in [0, 0.05) is 7.05 Å². The number of rotatable bonds is 7. The molecule has 0 atom stereocenters. The molecule has 0 radical (unpaired) electrons. The molecule has 0 saturated heterocycles. The lowest BCUT2D eigenvalue weighted by atomic mass is 9.81. The second-order valence-electron chi connectivity index (χ2n) is 7.78. The zero-order valence-corrected chi connectivity index (χ0v) is 17.3. The van der Waals surface area contributed by atoms with Crippen LogP contribution < -0.4 is 4.74 Å². The summed E-state index contributed by atoms with van der Waals surface area (Å²) in [5, 5.41) is 9.55. The lowest BCUT2D eigenvalue weighted by Crippen LogP contribution is -2.51. The topological polar surface area (TPSA) is 79.6 Å². The summed E-state index contributed by atoms with van der Waals surface area (Å²) in [6.45, 7) is 5.61. The summed E-state index contributed by atoms with van der Waals surface area (Å²) >= 11 is 0. The van der Waals surface area contributed by atoms with Gasteiger partial charge in [0.1, 0.15) is 11.3 Å². The van der Waals surface area contributed by atoms with Gasteiger partial charge in [-0.25, -0.2) is 4.79 Å². The summed E-state index contributed by atoms with van der Waals surface area (Å²) in [6.07, 6.45) is 4.25. The number of ether oxygens (including phenoxy) is 2. The van der Waals surface area contributed by atoms with Crippen molar-refractivity contribution in [1.82, 2.24) is 4.90 Å². The Morgan fingerprint density at radius 1 is 1.21 bits per heavy atom. The van der Waals surface area contributed by atoms with Gasteiger partial charge < -0.3 is 14.4 Å². The number of esters is 1. The van der Waals surface area contributed by atoms with Crippen LogP contribution in [-0.2, 0) is 14.3 Å². The second-order valence-corrected chi connectivity index (χ2v) is 7.78. The van der Waals surface area contributed by atoms with Gasteiger partial charge in [0.25, 0.3) is 5.91 Å². The van der Waals surface area contributed by atoms with Crippen molar-refractivity contribution < 1.29 is 19.1 Å². The molecular formula is C22H30N2O4. The molecule has 28 heavy (non-hydrogen) atoms. The van der Waals surface area contributed by atoms with E-state index in [1.165, 1.54) is 10.5 Å². The number of hydrogen-bond donors (Lipinski definition) is 0. The van der Waals surface area contributed by atoms with Crippen LogP contribution in [0.5, 0.6) is 5.75 Å². The maximum Gasteiger partial charge on any atom is 0.344 e. The molecule has 1 aliphatic rings. The molecule has 6 nitrogen and oxygen atoms in total. The van der Waals surface area contributed by atoms with Crippen LogP contribution in [-0.4, -0.2) is 42.6 Å². The summed E-state index contributed by atoms with van der Waals surface area (Å²) in [4.78, 5) is 25.8. The van der Waals surface area contributed by atoms with Crippen LogP contribution in [0.4, 0.5) is 0 Å². The van der Waals surface area contributed by atoms with Gasteiger partial charge in [-0.3, -0.25) is 4.79 Å². The Hall–Kier alpha value is -2.55. The van der Waals surface area contributed by atoms with Gasteiger partial charge >= 0.3 is 5.97 Å². The Balaban J connectivity index is 1.83. The van der Waals surface area contributed by atoms with Gasteiger partial charge in [-0.2, -0.15) is 5.26 Å². The van der Waals surface area contributed by atoms with Gasteiger partial charge in [0.05, 0.1) is 6.07 Å². The van der Waals surface area contributed by atoms with Crippen molar-refractivity contribution in [3.05, 3.63) is 29.3 Å². The molecular weight excluding hydrogens is 356 g/mol. The van der Waals surface area contributed by atoms with Crippen LogP contribution in [0.15, 0.2) is 18.2 Å². The summed E-state index contributed by atoms with van der Waals surface area (Å²) in [7, 11) is 1.61. The molecule has 0 N–H and O–H groups in total. The minimum absolute atomic E-state index is 0.263. The van der Waals surface area contributed by atoms with E-state index in [-0.39, 0.29) is 19.1 Å². The number of benzene rings is 1. The quantitative estimate of drug-likeness (QED) is 0.667. The monoisotopic (exact) mass is 386 g/mol. The predicted molar refractivity (Wildman–Crippen MR) is 106 cm³/mol. The van der Waals surface area contributed by atoms with Crippen LogP contribution in [0, 0.1) is 18.3 Å². The average molecular weight is 386 g/mol. The Labute approximate surface area is 167 Å². The van der Waals surface area contributed by atoms with Crippen molar-refractivity contribution in [1.29, 1.82) is 5.26 Å². The van der Waals surface area contributed by atoms with Gasteiger partial charge in [-0.05, 0) is 48.9 Å². The molecule has 1 saturated carbocycles. The lowest BCUT2D eigenvalue weighted by Gasteiger charge is -2.38. The normalized spacial score (nSPS) is 15.6. The standard InChI is InChI=1S/C22H30N2O4/c1-16(2)19-9-8-18(12-17(19)3)27-14-21(26)28-13-20(25)24(4)22(15-23)10-6-5-7-11-22/h8-9,12,16H,5-7,10-11,13-14H2,1-4H3.